The normalized spacial score (nSPS) is 16.9. The van der Waals surface area contributed by atoms with Gasteiger partial charge in [0, 0.05) is 23.0 Å². The van der Waals surface area contributed by atoms with Gasteiger partial charge in [0.2, 0.25) is 0 Å². The summed E-state index contributed by atoms with van der Waals surface area (Å²) in [5.74, 6) is 4.02. The Kier molecular flexibility index (Phi) is 5.12. The number of pyridine rings is 2. The second-order valence-electron chi connectivity index (χ2n) is 7.52. The number of halogens is 3. The van der Waals surface area contributed by atoms with E-state index in [1.165, 1.54) is 25.4 Å². The predicted octanol–water partition coefficient (Wildman–Crippen LogP) is 3.82. The Morgan fingerprint density at radius 3 is 2.55 bits per heavy atom. The maximum atomic E-state index is 13.0. The van der Waals surface area contributed by atoms with E-state index < -0.39 is 31.1 Å². The van der Waals surface area contributed by atoms with Crippen LogP contribution in [0.5, 0.6) is 0 Å². The zero-order valence-corrected chi connectivity index (χ0v) is 18.4. The van der Waals surface area contributed by atoms with Crippen molar-refractivity contribution < 1.29 is 21.6 Å². The standard InChI is InChI=1S/C19H20F3N5O2S2/c1-4-31(28,29)16-7-13(26-30(2,3)14-5-6-14)10-24-18(16)27-11-12-9-23-17(19(20,21)22)8-15(12)25-27/h7-11,14H,2,4-6H2,1,3H3. The summed E-state index contributed by atoms with van der Waals surface area (Å²) in [5, 5.41) is 4.87. The summed E-state index contributed by atoms with van der Waals surface area (Å²) < 4.78 is 70.2. The van der Waals surface area contributed by atoms with Crippen LogP contribution in [0, 0.1) is 0 Å². The van der Waals surface area contributed by atoms with Gasteiger partial charge in [-0.25, -0.2) is 22.4 Å². The maximum Gasteiger partial charge on any atom is 0.433 e. The highest BCUT2D eigenvalue weighted by molar-refractivity contribution is 8.02. The van der Waals surface area contributed by atoms with Crippen molar-refractivity contribution in [1.82, 2.24) is 19.7 Å². The molecule has 0 saturated heterocycles. The minimum absolute atomic E-state index is 0.00209. The molecular weight excluding hydrogens is 451 g/mol. The Hall–Kier alpha value is -2.47. The first-order valence-corrected chi connectivity index (χ1v) is 13.3. The molecule has 1 unspecified atom stereocenters. The maximum absolute atomic E-state index is 13.0. The van der Waals surface area contributed by atoms with Gasteiger partial charge in [-0.2, -0.15) is 18.3 Å². The van der Waals surface area contributed by atoms with Crippen LogP contribution in [0.3, 0.4) is 0 Å². The molecule has 3 heterocycles. The van der Waals surface area contributed by atoms with Crippen molar-refractivity contribution in [2.24, 2.45) is 4.36 Å². The van der Waals surface area contributed by atoms with Crippen LogP contribution >= 0.6 is 0 Å². The summed E-state index contributed by atoms with van der Waals surface area (Å²) in [7, 11) is -5.24. The van der Waals surface area contributed by atoms with Crippen LogP contribution in [0.15, 0.2) is 40.0 Å². The van der Waals surface area contributed by atoms with Crippen molar-refractivity contribution in [2.45, 2.75) is 36.1 Å². The largest absolute Gasteiger partial charge is 0.433 e. The van der Waals surface area contributed by atoms with Crippen LogP contribution in [-0.4, -0.2) is 51.3 Å². The fourth-order valence-corrected chi connectivity index (χ4v) is 6.02. The molecule has 31 heavy (non-hydrogen) atoms. The lowest BCUT2D eigenvalue weighted by molar-refractivity contribution is -0.141. The van der Waals surface area contributed by atoms with Crippen LogP contribution in [0.4, 0.5) is 18.9 Å². The first-order valence-electron chi connectivity index (χ1n) is 9.40. The molecule has 12 heteroatoms. The summed E-state index contributed by atoms with van der Waals surface area (Å²) in [6.45, 7) is 1.50. The van der Waals surface area contributed by atoms with Crippen LogP contribution in [0.25, 0.3) is 16.7 Å². The van der Waals surface area contributed by atoms with Crippen LogP contribution in [0.2, 0.25) is 0 Å². The van der Waals surface area contributed by atoms with E-state index in [0.717, 1.165) is 29.8 Å². The summed E-state index contributed by atoms with van der Waals surface area (Å²) in [6.07, 6.45) is 3.35. The molecular formula is C19H20F3N5O2S2. The van der Waals surface area contributed by atoms with Gasteiger partial charge in [0.05, 0.1) is 23.2 Å². The van der Waals surface area contributed by atoms with Crippen molar-refractivity contribution in [3.05, 3.63) is 36.4 Å². The number of alkyl halides is 3. The Bertz CT molecular complexity index is 1400. The number of hydrogen-bond acceptors (Lipinski definition) is 6. The quantitative estimate of drug-likeness (QED) is 0.528. The molecule has 3 aromatic heterocycles. The lowest BCUT2D eigenvalue weighted by atomic mass is 10.3. The third-order valence-electron chi connectivity index (χ3n) is 4.99. The van der Waals surface area contributed by atoms with Gasteiger partial charge in [-0.15, -0.1) is 9.41 Å². The second-order valence-corrected chi connectivity index (χ2v) is 12.8. The fraction of sp³-hybridized carbons (Fsp3) is 0.368. The van der Waals surface area contributed by atoms with Crippen molar-refractivity contribution in [3.63, 3.8) is 0 Å². The summed E-state index contributed by atoms with van der Waals surface area (Å²) in [5.41, 5.74) is -0.638. The number of hydrogen-bond donors (Lipinski definition) is 0. The van der Waals surface area contributed by atoms with E-state index in [1.54, 1.807) is 0 Å². The first-order chi connectivity index (χ1) is 14.4. The highest BCUT2D eigenvalue weighted by Crippen LogP contribution is 2.33. The Labute approximate surface area is 177 Å². The van der Waals surface area contributed by atoms with Crippen LogP contribution in [-0.2, 0) is 25.4 Å². The molecule has 166 valence electrons. The lowest BCUT2D eigenvalue weighted by Crippen LogP contribution is -2.11. The van der Waals surface area contributed by atoms with Crippen molar-refractivity contribution in [1.29, 1.82) is 0 Å². The van der Waals surface area contributed by atoms with Gasteiger partial charge in [0.25, 0.3) is 0 Å². The van der Waals surface area contributed by atoms with E-state index in [-0.39, 0.29) is 22.0 Å². The van der Waals surface area contributed by atoms with E-state index in [4.69, 9.17) is 0 Å². The summed E-state index contributed by atoms with van der Waals surface area (Å²) in [4.78, 5) is 7.59. The summed E-state index contributed by atoms with van der Waals surface area (Å²) >= 11 is 0. The molecule has 1 aliphatic rings. The number of nitrogens with zero attached hydrogens (tertiary/aromatic N) is 5. The van der Waals surface area contributed by atoms with Gasteiger partial charge in [-0.1, -0.05) is 12.8 Å². The highest BCUT2D eigenvalue weighted by Gasteiger charge is 2.33. The third-order valence-corrected chi connectivity index (χ3v) is 9.25. The molecule has 1 saturated carbocycles. The van der Waals surface area contributed by atoms with Crippen molar-refractivity contribution >= 4 is 41.7 Å². The molecule has 1 aliphatic carbocycles. The summed E-state index contributed by atoms with van der Waals surface area (Å²) in [6, 6.07) is 2.25. The van der Waals surface area contributed by atoms with E-state index >= 15 is 0 Å². The molecule has 0 amide bonds. The first kappa shape index (κ1) is 21.8. The molecule has 0 radical (unpaired) electrons. The number of fused-ring (bicyclic) bond motifs is 1. The van der Waals surface area contributed by atoms with Gasteiger partial charge >= 0.3 is 6.18 Å². The van der Waals surface area contributed by atoms with Gasteiger partial charge in [-0.05, 0) is 31.2 Å². The molecule has 7 nitrogen and oxygen atoms in total. The smallest absolute Gasteiger partial charge is 0.251 e. The molecule has 1 fully saturated rings. The Morgan fingerprint density at radius 1 is 1.23 bits per heavy atom. The zero-order chi connectivity index (χ0) is 22.6. The zero-order valence-electron chi connectivity index (χ0n) is 16.8. The van der Waals surface area contributed by atoms with E-state index in [2.05, 4.69) is 25.3 Å². The third kappa shape index (κ3) is 4.31. The van der Waals surface area contributed by atoms with Gasteiger partial charge in [0.15, 0.2) is 15.7 Å². The van der Waals surface area contributed by atoms with Gasteiger partial charge < -0.3 is 0 Å². The molecule has 0 N–H and O–H groups in total. The molecule has 3 aromatic rings. The number of rotatable bonds is 5. The van der Waals surface area contributed by atoms with Crippen LogP contribution < -0.4 is 0 Å². The second kappa shape index (κ2) is 7.30. The lowest BCUT2D eigenvalue weighted by Gasteiger charge is -2.11. The minimum atomic E-state index is -4.61. The van der Waals surface area contributed by atoms with Crippen molar-refractivity contribution in [3.8, 4) is 5.82 Å². The molecule has 0 bridgehead atoms. The predicted molar refractivity (Wildman–Crippen MR) is 115 cm³/mol. The Morgan fingerprint density at radius 2 is 1.94 bits per heavy atom. The molecule has 1 atom stereocenters. The van der Waals surface area contributed by atoms with Gasteiger partial charge in [0.1, 0.15) is 10.6 Å². The van der Waals surface area contributed by atoms with E-state index in [9.17, 15) is 21.6 Å². The fourth-order valence-electron chi connectivity index (χ4n) is 3.11. The topological polar surface area (TPSA) is 90.1 Å². The monoisotopic (exact) mass is 471 g/mol. The SMILES string of the molecule is C=S(C)(=Nc1cnc(-n2cc3cnc(C(F)(F)F)cc3n2)c(S(=O)(=O)CC)c1)C1CC1. The van der Waals surface area contributed by atoms with Gasteiger partial charge in [-0.3, -0.25) is 4.98 Å². The average molecular weight is 472 g/mol. The number of aromatic nitrogens is 4. The minimum Gasteiger partial charge on any atom is -0.251 e. The molecule has 0 aliphatic heterocycles. The average Bonchev–Trinajstić information content (AvgIpc) is 3.47. The van der Waals surface area contributed by atoms with E-state index in [1.807, 2.05) is 6.26 Å². The van der Waals surface area contributed by atoms with E-state index in [0.29, 0.717) is 16.3 Å². The number of sulfone groups is 1. The molecule has 0 aromatic carbocycles. The Balaban J connectivity index is 1.87. The highest BCUT2D eigenvalue weighted by atomic mass is 32.2. The molecule has 4 rings (SSSR count). The van der Waals surface area contributed by atoms with Crippen molar-refractivity contribution in [2.75, 3.05) is 12.0 Å². The molecule has 0 spiro atoms. The van der Waals surface area contributed by atoms with Crippen LogP contribution in [0.1, 0.15) is 25.5 Å².